The third-order valence-corrected chi connectivity index (χ3v) is 4.99. The van der Waals surface area contributed by atoms with Crippen molar-refractivity contribution in [2.24, 2.45) is 0 Å². The first-order valence-electron chi connectivity index (χ1n) is 7.49. The highest BCUT2D eigenvalue weighted by molar-refractivity contribution is 8.00. The van der Waals surface area contributed by atoms with Crippen LogP contribution in [0.25, 0.3) is 0 Å². The lowest BCUT2D eigenvalue weighted by Crippen LogP contribution is -2.18. The summed E-state index contributed by atoms with van der Waals surface area (Å²) in [6, 6.07) is 14.4. The summed E-state index contributed by atoms with van der Waals surface area (Å²) in [7, 11) is 1.58. The van der Waals surface area contributed by atoms with Crippen molar-refractivity contribution in [1.82, 2.24) is 5.32 Å². The molecule has 0 aliphatic heterocycles. The number of anilines is 1. The summed E-state index contributed by atoms with van der Waals surface area (Å²) >= 11 is 7.69. The van der Waals surface area contributed by atoms with Crippen molar-refractivity contribution in [3.63, 3.8) is 0 Å². The van der Waals surface area contributed by atoms with Crippen LogP contribution in [0.2, 0.25) is 5.02 Å². The topological polar surface area (TPSA) is 58.2 Å². The lowest BCUT2D eigenvalue weighted by atomic mass is 10.2. The molecule has 24 heavy (non-hydrogen) atoms. The number of hydrogen-bond acceptors (Lipinski definition) is 3. The molecule has 0 heterocycles. The van der Waals surface area contributed by atoms with E-state index in [9.17, 15) is 9.59 Å². The smallest absolute Gasteiger partial charge is 0.251 e. The van der Waals surface area contributed by atoms with Crippen LogP contribution in [-0.4, -0.2) is 24.6 Å². The van der Waals surface area contributed by atoms with Crippen LogP contribution in [0.4, 0.5) is 5.69 Å². The first kappa shape index (κ1) is 18.4. The molecule has 2 aromatic rings. The lowest BCUT2D eigenvalue weighted by molar-refractivity contribution is -0.113. The molecule has 2 rings (SSSR count). The van der Waals surface area contributed by atoms with Gasteiger partial charge in [-0.05, 0) is 42.8 Å². The second-order valence-electron chi connectivity index (χ2n) is 5.18. The zero-order valence-electron chi connectivity index (χ0n) is 13.5. The van der Waals surface area contributed by atoms with Gasteiger partial charge in [0.1, 0.15) is 0 Å². The SMILES string of the molecule is CNC(=O)c1ccc(NC(=O)CS[C@@H](C)c2ccccc2Cl)cc1. The molecule has 0 aliphatic rings. The summed E-state index contributed by atoms with van der Waals surface area (Å²) in [6.45, 7) is 2.03. The van der Waals surface area contributed by atoms with Crippen molar-refractivity contribution in [3.8, 4) is 0 Å². The van der Waals surface area contributed by atoms with Crippen LogP contribution >= 0.6 is 23.4 Å². The van der Waals surface area contributed by atoms with Crippen molar-refractivity contribution in [2.75, 3.05) is 18.1 Å². The Bertz CT molecular complexity index is 719. The Balaban J connectivity index is 1.87. The number of rotatable bonds is 6. The minimum absolute atomic E-state index is 0.0911. The van der Waals surface area contributed by atoms with Gasteiger partial charge in [-0.3, -0.25) is 9.59 Å². The highest BCUT2D eigenvalue weighted by Gasteiger charge is 2.12. The van der Waals surface area contributed by atoms with Gasteiger partial charge in [-0.15, -0.1) is 11.8 Å². The van der Waals surface area contributed by atoms with Crippen molar-refractivity contribution < 1.29 is 9.59 Å². The van der Waals surface area contributed by atoms with Gasteiger partial charge in [-0.1, -0.05) is 29.8 Å². The van der Waals surface area contributed by atoms with Crippen LogP contribution in [0.1, 0.15) is 28.1 Å². The number of carbonyl (C=O) groups is 2. The van der Waals surface area contributed by atoms with Crippen LogP contribution in [0.15, 0.2) is 48.5 Å². The van der Waals surface area contributed by atoms with Gasteiger partial charge in [0.2, 0.25) is 5.91 Å². The quantitative estimate of drug-likeness (QED) is 0.812. The molecule has 0 bridgehead atoms. The standard InChI is InChI=1S/C18H19ClN2O2S/c1-12(15-5-3-4-6-16(15)19)24-11-17(22)21-14-9-7-13(8-10-14)18(23)20-2/h3-10,12H,11H2,1-2H3,(H,20,23)(H,21,22)/t12-/m0/s1. The molecule has 0 spiro atoms. The molecule has 0 unspecified atom stereocenters. The molecule has 2 N–H and O–H groups in total. The fourth-order valence-electron chi connectivity index (χ4n) is 2.14. The number of hydrogen-bond donors (Lipinski definition) is 2. The Morgan fingerprint density at radius 2 is 1.79 bits per heavy atom. The molecule has 0 radical (unpaired) electrons. The highest BCUT2D eigenvalue weighted by Crippen LogP contribution is 2.32. The number of benzene rings is 2. The van der Waals surface area contributed by atoms with Crippen molar-refractivity contribution in [3.05, 3.63) is 64.7 Å². The maximum Gasteiger partial charge on any atom is 0.251 e. The summed E-state index contributed by atoms with van der Waals surface area (Å²) < 4.78 is 0. The summed E-state index contributed by atoms with van der Waals surface area (Å²) in [4.78, 5) is 23.5. The largest absolute Gasteiger partial charge is 0.355 e. The average Bonchev–Trinajstić information content (AvgIpc) is 2.60. The van der Waals surface area contributed by atoms with E-state index in [4.69, 9.17) is 11.6 Å². The van der Waals surface area contributed by atoms with Gasteiger partial charge in [0.25, 0.3) is 5.91 Å². The fourth-order valence-corrected chi connectivity index (χ4v) is 3.36. The second kappa shape index (κ2) is 8.76. The van der Waals surface area contributed by atoms with Gasteiger partial charge in [0.15, 0.2) is 0 Å². The molecular formula is C18H19ClN2O2S. The van der Waals surface area contributed by atoms with Gasteiger partial charge in [0.05, 0.1) is 5.75 Å². The minimum atomic E-state index is -0.156. The number of carbonyl (C=O) groups excluding carboxylic acids is 2. The predicted molar refractivity (Wildman–Crippen MR) is 101 cm³/mol. The maximum atomic E-state index is 12.1. The van der Waals surface area contributed by atoms with E-state index in [2.05, 4.69) is 10.6 Å². The average molecular weight is 363 g/mol. The Morgan fingerprint density at radius 1 is 1.12 bits per heavy atom. The van der Waals surface area contributed by atoms with Gasteiger partial charge in [-0.2, -0.15) is 0 Å². The number of halogens is 1. The molecule has 0 fully saturated rings. The molecule has 2 aromatic carbocycles. The zero-order valence-corrected chi connectivity index (χ0v) is 15.1. The Morgan fingerprint density at radius 3 is 2.42 bits per heavy atom. The second-order valence-corrected chi connectivity index (χ2v) is 6.92. The zero-order chi connectivity index (χ0) is 17.5. The number of nitrogens with one attached hydrogen (secondary N) is 2. The van der Waals surface area contributed by atoms with Gasteiger partial charge in [0, 0.05) is 28.6 Å². The summed E-state index contributed by atoms with van der Waals surface area (Å²) in [5, 5.41) is 6.21. The van der Waals surface area contributed by atoms with Crippen molar-refractivity contribution in [1.29, 1.82) is 0 Å². The van der Waals surface area contributed by atoms with Crippen molar-refractivity contribution >= 4 is 40.9 Å². The molecule has 0 saturated carbocycles. The van der Waals surface area contributed by atoms with Crippen LogP contribution < -0.4 is 10.6 Å². The molecule has 0 aliphatic carbocycles. The Labute approximate surface area is 151 Å². The first-order chi connectivity index (χ1) is 11.5. The first-order valence-corrected chi connectivity index (χ1v) is 8.92. The van der Waals surface area contributed by atoms with E-state index in [0.717, 1.165) is 5.56 Å². The molecule has 126 valence electrons. The van der Waals surface area contributed by atoms with Gasteiger partial charge < -0.3 is 10.6 Å². The minimum Gasteiger partial charge on any atom is -0.355 e. The molecule has 6 heteroatoms. The van der Waals surface area contributed by atoms with E-state index in [1.165, 1.54) is 11.8 Å². The molecular weight excluding hydrogens is 344 g/mol. The molecule has 0 aromatic heterocycles. The number of thioether (sulfide) groups is 1. The Hall–Kier alpha value is -1.98. The Kier molecular flexibility index (Phi) is 6.70. The van der Waals surface area contributed by atoms with Crippen LogP contribution in [0.3, 0.4) is 0 Å². The van der Waals surface area contributed by atoms with E-state index in [1.54, 1.807) is 31.3 Å². The molecule has 4 nitrogen and oxygen atoms in total. The van der Waals surface area contributed by atoms with Gasteiger partial charge >= 0.3 is 0 Å². The summed E-state index contributed by atoms with van der Waals surface area (Å²) in [5.41, 5.74) is 2.24. The van der Waals surface area contributed by atoms with Crippen LogP contribution in [-0.2, 0) is 4.79 Å². The third kappa shape index (κ3) is 5.01. The molecule has 0 saturated heterocycles. The third-order valence-electron chi connectivity index (χ3n) is 3.47. The lowest BCUT2D eigenvalue weighted by Gasteiger charge is -2.13. The number of amides is 2. The summed E-state index contributed by atoms with van der Waals surface area (Å²) in [5.74, 6) is 0.0763. The van der Waals surface area contributed by atoms with Crippen LogP contribution in [0, 0.1) is 0 Å². The predicted octanol–water partition coefficient (Wildman–Crippen LogP) is 4.13. The van der Waals surface area contributed by atoms with E-state index < -0.39 is 0 Å². The van der Waals surface area contributed by atoms with E-state index in [1.807, 2.05) is 31.2 Å². The van der Waals surface area contributed by atoms with Crippen LogP contribution in [0.5, 0.6) is 0 Å². The van der Waals surface area contributed by atoms with E-state index in [-0.39, 0.29) is 17.1 Å². The normalized spacial score (nSPS) is 11.6. The van der Waals surface area contributed by atoms with E-state index >= 15 is 0 Å². The van der Waals surface area contributed by atoms with Crippen molar-refractivity contribution in [2.45, 2.75) is 12.2 Å². The monoisotopic (exact) mass is 362 g/mol. The fraction of sp³-hybridized carbons (Fsp3) is 0.222. The van der Waals surface area contributed by atoms with E-state index in [0.29, 0.717) is 22.0 Å². The maximum absolute atomic E-state index is 12.1. The molecule has 1 atom stereocenters. The highest BCUT2D eigenvalue weighted by atomic mass is 35.5. The summed E-state index contributed by atoms with van der Waals surface area (Å²) in [6.07, 6.45) is 0. The molecule has 2 amide bonds. The van der Waals surface area contributed by atoms with Gasteiger partial charge in [-0.25, -0.2) is 0 Å².